The first-order valence-corrected chi connectivity index (χ1v) is 9.33. The van der Waals surface area contributed by atoms with E-state index in [1.54, 1.807) is 29.4 Å². The van der Waals surface area contributed by atoms with Gasteiger partial charge < -0.3 is 9.80 Å². The Hall–Kier alpha value is -2.27. The molecule has 26 heavy (non-hydrogen) atoms. The first-order chi connectivity index (χ1) is 12.6. The summed E-state index contributed by atoms with van der Waals surface area (Å²) in [7, 11) is 2.17. The molecular weight excluding hydrogens is 329 g/mol. The van der Waals surface area contributed by atoms with Crippen LogP contribution in [0.2, 0.25) is 0 Å². The maximum Gasteiger partial charge on any atom is 0.256 e. The molecule has 0 saturated carbocycles. The molecule has 0 bridgehead atoms. The zero-order valence-corrected chi connectivity index (χ0v) is 15.3. The Morgan fingerprint density at radius 3 is 2.08 bits per heavy atom. The van der Waals surface area contributed by atoms with Crippen molar-refractivity contribution in [2.75, 3.05) is 33.2 Å². The van der Waals surface area contributed by atoms with Crippen LogP contribution in [0, 0.1) is 5.82 Å². The molecule has 0 N–H and O–H groups in total. The molecule has 4 rings (SSSR count). The number of likely N-dealkylation sites (tertiary alicyclic amines) is 2. The molecular formula is C21H26FN3O. The van der Waals surface area contributed by atoms with Gasteiger partial charge in [0.05, 0.1) is 5.56 Å². The standard InChI is InChI=1S/C16H15FN2O.C5H11N/c17-15-11-13(12-5-7-18-8-6-12)3-4-14(15)16(20)19-9-1-2-10-19;1-6-4-2-3-5-6/h3-8,11H,1-2,9-10H2;2-5H2,1H3. The van der Waals surface area contributed by atoms with Crippen molar-refractivity contribution in [2.45, 2.75) is 25.7 Å². The van der Waals surface area contributed by atoms with E-state index in [0.717, 1.165) is 37.1 Å². The van der Waals surface area contributed by atoms with Crippen LogP contribution >= 0.6 is 0 Å². The van der Waals surface area contributed by atoms with Crippen LogP contribution in [-0.4, -0.2) is 53.9 Å². The third-order valence-corrected chi connectivity index (χ3v) is 4.94. The third kappa shape index (κ3) is 4.67. The van der Waals surface area contributed by atoms with Crippen LogP contribution in [0.1, 0.15) is 36.0 Å². The molecule has 0 spiro atoms. The fourth-order valence-corrected chi connectivity index (χ4v) is 3.38. The van der Waals surface area contributed by atoms with Crippen LogP contribution in [0.5, 0.6) is 0 Å². The Morgan fingerprint density at radius 2 is 1.54 bits per heavy atom. The largest absolute Gasteiger partial charge is 0.339 e. The zero-order chi connectivity index (χ0) is 18.4. The van der Waals surface area contributed by atoms with Gasteiger partial charge in [-0.15, -0.1) is 0 Å². The summed E-state index contributed by atoms with van der Waals surface area (Å²) in [4.78, 5) is 20.2. The molecule has 4 nitrogen and oxygen atoms in total. The molecule has 1 aromatic carbocycles. The van der Waals surface area contributed by atoms with Crippen molar-refractivity contribution >= 4 is 5.91 Å². The molecule has 2 aromatic rings. The van der Waals surface area contributed by atoms with Crippen LogP contribution < -0.4 is 0 Å². The molecule has 138 valence electrons. The number of benzene rings is 1. The van der Waals surface area contributed by atoms with E-state index < -0.39 is 5.82 Å². The van der Waals surface area contributed by atoms with Gasteiger partial charge in [-0.3, -0.25) is 9.78 Å². The minimum atomic E-state index is -0.462. The topological polar surface area (TPSA) is 36.4 Å². The number of amides is 1. The molecule has 0 atom stereocenters. The zero-order valence-electron chi connectivity index (χ0n) is 15.3. The van der Waals surface area contributed by atoms with E-state index in [1.165, 1.54) is 32.0 Å². The minimum absolute atomic E-state index is 0.157. The second kappa shape index (κ2) is 8.90. The van der Waals surface area contributed by atoms with Crippen molar-refractivity contribution in [1.29, 1.82) is 0 Å². The first kappa shape index (κ1) is 18.5. The Morgan fingerprint density at radius 1 is 0.923 bits per heavy atom. The van der Waals surface area contributed by atoms with E-state index in [0.29, 0.717) is 0 Å². The normalized spacial score (nSPS) is 17.1. The third-order valence-electron chi connectivity index (χ3n) is 4.94. The highest BCUT2D eigenvalue weighted by molar-refractivity contribution is 5.95. The van der Waals surface area contributed by atoms with Crippen molar-refractivity contribution < 1.29 is 9.18 Å². The van der Waals surface area contributed by atoms with Gasteiger partial charge in [0.25, 0.3) is 5.91 Å². The molecule has 5 heteroatoms. The first-order valence-electron chi connectivity index (χ1n) is 9.33. The molecule has 1 amide bonds. The summed E-state index contributed by atoms with van der Waals surface area (Å²) >= 11 is 0. The van der Waals surface area contributed by atoms with Crippen LogP contribution in [0.25, 0.3) is 11.1 Å². The highest BCUT2D eigenvalue weighted by atomic mass is 19.1. The number of rotatable bonds is 2. The lowest BCUT2D eigenvalue weighted by molar-refractivity contribution is 0.0788. The number of hydrogen-bond donors (Lipinski definition) is 0. The number of hydrogen-bond acceptors (Lipinski definition) is 3. The summed E-state index contributed by atoms with van der Waals surface area (Å²) in [6.07, 6.45) is 8.16. The number of halogens is 1. The summed E-state index contributed by atoms with van der Waals surface area (Å²) in [5.41, 5.74) is 1.80. The Bertz CT molecular complexity index is 723. The van der Waals surface area contributed by atoms with Gasteiger partial charge in [-0.05, 0) is 81.2 Å². The minimum Gasteiger partial charge on any atom is -0.339 e. The highest BCUT2D eigenvalue weighted by Crippen LogP contribution is 2.23. The quantitative estimate of drug-likeness (QED) is 0.821. The van der Waals surface area contributed by atoms with Gasteiger partial charge >= 0.3 is 0 Å². The van der Waals surface area contributed by atoms with Crippen molar-refractivity contribution in [3.05, 3.63) is 54.1 Å². The molecule has 2 aliphatic rings. The van der Waals surface area contributed by atoms with Crippen molar-refractivity contribution in [3.63, 3.8) is 0 Å². The van der Waals surface area contributed by atoms with E-state index in [4.69, 9.17) is 0 Å². The average molecular weight is 355 g/mol. The van der Waals surface area contributed by atoms with Gasteiger partial charge in [0.2, 0.25) is 0 Å². The van der Waals surface area contributed by atoms with Crippen LogP contribution in [0.15, 0.2) is 42.7 Å². The fourth-order valence-electron chi connectivity index (χ4n) is 3.38. The maximum atomic E-state index is 14.2. The van der Waals surface area contributed by atoms with E-state index in [2.05, 4.69) is 16.9 Å². The summed E-state index contributed by atoms with van der Waals surface area (Å²) in [5, 5.41) is 0. The van der Waals surface area contributed by atoms with E-state index >= 15 is 0 Å². The molecule has 2 fully saturated rings. The predicted octanol–water partition coefficient (Wildman–Crippen LogP) is 3.84. The summed E-state index contributed by atoms with van der Waals surface area (Å²) in [6.45, 7) is 4.09. The van der Waals surface area contributed by atoms with Crippen LogP contribution in [0.4, 0.5) is 4.39 Å². The van der Waals surface area contributed by atoms with Gasteiger partial charge in [-0.1, -0.05) is 6.07 Å². The second-order valence-corrected chi connectivity index (χ2v) is 6.94. The second-order valence-electron chi connectivity index (χ2n) is 6.94. The monoisotopic (exact) mass is 355 g/mol. The molecule has 0 radical (unpaired) electrons. The molecule has 3 heterocycles. The maximum absolute atomic E-state index is 14.2. The summed E-state index contributed by atoms with van der Waals surface area (Å²) in [5.74, 6) is -0.669. The van der Waals surface area contributed by atoms with Gasteiger partial charge in [-0.25, -0.2) is 4.39 Å². The number of carbonyl (C=O) groups is 1. The van der Waals surface area contributed by atoms with E-state index in [1.807, 2.05) is 12.1 Å². The summed E-state index contributed by atoms with van der Waals surface area (Å²) in [6, 6.07) is 8.40. The van der Waals surface area contributed by atoms with Gasteiger partial charge in [0.15, 0.2) is 0 Å². The number of carbonyl (C=O) groups excluding carboxylic acids is 1. The fraction of sp³-hybridized carbons (Fsp3) is 0.429. The molecule has 0 aliphatic carbocycles. The van der Waals surface area contributed by atoms with E-state index in [-0.39, 0.29) is 11.5 Å². The smallest absolute Gasteiger partial charge is 0.256 e. The Kier molecular flexibility index (Phi) is 6.34. The lowest BCUT2D eigenvalue weighted by Crippen LogP contribution is -2.28. The van der Waals surface area contributed by atoms with Crippen LogP contribution in [-0.2, 0) is 0 Å². The van der Waals surface area contributed by atoms with Gasteiger partial charge in [-0.2, -0.15) is 0 Å². The lowest BCUT2D eigenvalue weighted by atomic mass is 10.0. The molecule has 2 aliphatic heterocycles. The van der Waals surface area contributed by atoms with Crippen molar-refractivity contribution in [2.24, 2.45) is 0 Å². The SMILES string of the molecule is CN1CCCC1.O=C(c1ccc(-c2ccncc2)cc1F)N1CCCC1. The van der Waals surface area contributed by atoms with Gasteiger partial charge in [0, 0.05) is 25.5 Å². The Labute approximate surface area is 154 Å². The van der Waals surface area contributed by atoms with Crippen LogP contribution in [0.3, 0.4) is 0 Å². The lowest BCUT2D eigenvalue weighted by Gasteiger charge is -2.16. The molecule has 1 aromatic heterocycles. The van der Waals surface area contributed by atoms with Crippen molar-refractivity contribution in [3.8, 4) is 11.1 Å². The highest BCUT2D eigenvalue weighted by Gasteiger charge is 2.22. The Balaban J connectivity index is 0.000000278. The average Bonchev–Trinajstić information content (AvgIpc) is 3.36. The summed E-state index contributed by atoms with van der Waals surface area (Å²) < 4.78 is 14.2. The van der Waals surface area contributed by atoms with Gasteiger partial charge in [0.1, 0.15) is 5.82 Å². The van der Waals surface area contributed by atoms with Crippen molar-refractivity contribution in [1.82, 2.24) is 14.8 Å². The predicted molar refractivity (Wildman–Crippen MR) is 101 cm³/mol. The molecule has 2 saturated heterocycles. The number of nitrogens with zero attached hydrogens (tertiary/aromatic N) is 3. The molecule has 0 unspecified atom stereocenters. The van der Waals surface area contributed by atoms with E-state index in [9.17, 15) is 9.18 Å². The number of pyridine rings is 1. The number of aromatic nitrogens is 1.